The lowest BCUT2D eigenvalue weighted by atomic mass is 9.93. The lowest BCUT2D eigenvalue weighted by molar-refractivity contribution is 1.17. The van der Waals surface area contributed by atoms with Crippen LogP contribution in [0.25, 0.3) is 116 Å². The van der Waals surface area contributed by atoms with E-state index in [2.05, 4.69) is 168 Å². The highest BCUT2D eigenvalue weighted by Crippen LogP contribution is 2.42. The molecule has 0 atom stereocenters. The predicted octanol–water partition coefficient (Wildman–Crippen LogP) is 13.6. The second kappa shape index (κ2) is 13.9. The molecular formula is C53H32N6S. The Morgan fingerprint density at radius 1 is 0.383 bits per heavy atom. The number of fused-ring (bicyclic) bond motifs is 8. The Kier molecular flexibility index (Phi) is 7.92. The summed E-state index contributed by atoms with van der Waals surface area (Å²) in [6.07, 6.45) is 0. The van der Waals surface area contributed by atoms with Gasteiger partial charge in [-0.25, -0.2) is 15.0 Å². The predicted molar refractivity (Wildman–Crippen MR) is 247 cm³/mol. The first-order valence-electron chi connectivity index (χ1n) is 19.9. The van der Waals surface area contributed by atoms with E-state index in [0.29, 0.717) is 5.82 Å². The van der Waals surface area contributed by atoms with Crippen molar-refractivity contribution in [2.24, 2.45) is 0 Å². The average molecular weight is 785 g/mol. The monoisotopic (exact) mass is 784 g/mol. The lowest BCUT2D eigenvalue weighted by Crippen LogP contribution is -1.97. The maximum atomic E-state index is 5.23. The van der Waals surface area contributed by atoms with Crippen LogP contribution in [-0.4, -0.2) is 28.3 Å². The maximum absolute atomic E-state index is 5.23. The summed E-state index contributed by atoms with van der Waals surface area (Å²) in [5, 5.41) is 5.66. The molecule has 7 heteroatoms. The molecule has 0 aliphatic heterocycles. The number of hydrogen-bond donors (Lipinski definition) is 0. The zero-order valence-electron chi connectivity index (χ0n) is 32.1. The summed E-state index contributed by atoms with van der Waals surface area (Å²) in [6, 6.07) is 67.7. The van der Waals surface area contributed by atoms with Crippen LogP contribution in [0.15, 0.2) is 194 Å². The third kappa shape index (κ3) is 5.59. The quantitative estimate of drug-likeness (QED) is 0.157. The highest BCUT2D eigenvalue weighted by molar-refractivity contribution is 7.00. The molecule has 0 amide bonds. The van der Waals surface area contributed by atoms with Crippen molar-refractivity contribution < 1.29 is 0 Å². The van der Waals surface area contributed by atoms with E-state index in [1.165, 1.54) is 33.5 Å². The Hall–Kier alpha value is -7.87. The van der Waals surface area contributed by atoms with E-state index in [0.717, 1.165) is 88.9 Å². The molecule has 6 nitrogen and oxygen atoms in total. The maximum Gasteiger partial charge on any atom is 0.160 e. The van der Waals surface area contributed by atoms with Gasteiger partial charge in [0.2, 0.25) is 0 Å². The van der Waals surface area contributed by atoms with Crippen LogP contribution in [0.3, 0.4) is 0 Å². The van der Waals surface area contributed by atoms with Gasteiger partial charge in [0.1, 0.15) is 11.0 Å². The van der Waals surface area contributed by atoms with Crippen LogP contribution >= 0.6 is 11.7 Å². The lowest BCUT2D eigenvalue weighted by Gasteiger charge is -2.14. The molecule has 280 valence electrons. The standard InChI is InChI=1S/C53H32N6S/c1-3-14-34(15-4-1)50-43-31-42(51-52(58-60-57-51)49(43)41-22-7-10-23-44(41)54-50)36-18-13-19-37(30-36)46-32-45(55-53(56-46)35-16-5-2-6-17-35)33-26-28-38(29-27-33)59-47-24-11-8-20-39(47)40-21-9-12-25-48(40)59/h1-32H. The topological polar surface area (TPSA) is 69.4 Å². The molecule has 0 aliphatic carbocycles. The number of nitrogens with zero attached hydrogens (tertiary/aromatic N) is 6. The number of hydrogen-bond acceptors (Lipinski definition) is 6. The van der Waals surface area contributed by atoms with Gasteiger partial charge in [-0.1, -0.05) is 146 Å². The molecule has 0 unspecified atom stereocenters. The van der Waals surface area contributed by atoms with Gasteiger partial charge in [0.25, 0.3) is 0 Å². The van der Waals surface area contributed by atoms with E-state index in [1.54, 1.807) is 0 Å². The molecule has 4 aromatic heterocycles. The molecule has 4 heterocycles. The Labute approximate surface area is 349 Å². The third-order valence-electron chi connectivity index (χ3n) is 11.5. The van der Waals surface area contributed by atoms with Crippen molar-refractivity contribution in [3.8, 4) is 62.0 Å². The highest BCUT2D eigenvalue weighted by atomic mass is 32.1. The minimum Gasteiger partial charge on any atom is -0.309 e. The first-order valence-corrected chi connectivity index (χ1v) is 20.7. The molecule has 0 spiro atoms. The van der Waals surface area contributed by atoms with Gasteiger partial charge in [0, 0.05) is 60.4 Å². The van der Waals surface area contributed by atoms with Gasteiger partial charge < -0.3 is 4.57 Å². The molecule has 12 rings (SSSR count). The Bertz CT molecular complexity index is 3540. The van der Waals surface area contributed by atoms with E-state index in [4.69, 9.17) is 23.7 Å². The second-order valence-corrected chi connectivity index (χ2v) is 15.5. The Balaban J connectivity index is 1.01. The second-order valence-electron chi connectivity index (χ2n) is 15.0. The zero-order valence-corrected chi connectivity index (χ0v) is 32.9. The van der Waals surface area contributed by atoms with Crippen molar-refractivity contribution in [2.75, 3.05) is 0 Å². The van der Waals surface area contributed by atoms with E-state index >= 15 is 0 Å². The fourth-order valence-corrected chi connectivity index (χ4v) is 9.25. The molecule has 12 aromatic rings. The molecule has 60 heavy (non-hydrogen) atoms. The average Bonchev–Trinajstić information content (AvgIpc) is 3.95. The van der Waals surface area contributed by atoms with Crippen molar-refractivity contribution in [2.45, 2.75) is 0 Å². The normalized spacial score (nSPS) is 11.7. The van der Waals surface area contributed by atoms with Crippen molar-refractivity contribution in [1.29, 1.82) is 0 Å². The molecule has 0 radical (unpaired) electrons. The van der Waals surface area contributed by atoms with Gasteiger partial charge in [-0.05, 0) is 54.1 Å². The van der Waals surface area contributed by atoms with E-state index in [1.807, 2.05) is 30.3 Å². The molecule has 0 N–H and O–H groups in total. The summed E-state index contributed by atoms with van der Waals surface area (Å²) in [6.45, 7) is 0. The number of pyridine rings is 1. The van der Waals surface area contributed by atoms with Crippen LogP contribution in [0.4, 0.5) is 0 Å². The van der Waals surface area contributed by atoms with Crippen LogP contribution in [-0.2, 0) is 0 Å². The fraction of sp³-hybridized carbons (Fsp3) is 0. The first-order chi connectivity index (χ1) is 29.7. The largest absolute Gasteiger partial charge is 0.309 e. The van der Waals surface area contributed by atoms with Crippen molar-refractivity contribution >= 4 is 66.2 Å². The van der Waals surface area contributed by atoms with Crippen LogP contribution in [0.5, 0.6) is 0 Å². The SMILES string of the molecule is c1ccc(-c2nc(-c3ccc(-n4c5ccccc5c5ccccc54)cc3)cc(-c3cccc(-c4cc5c(-c6ccccc6)nc6ccccc6c5c5nsnc45)c3)n2)cc1. The van der Waals surface area contributed by atoms with Crippen molar-refractivity contribution in [3.63, 3.8) is 0 Å². The van der Waals surface area contributed by atoms with Gasteiger partial charge in [-0.3, -0.25) is 0 Å². The van der Waals surface area contributed by atoms with Gasteiger partial charge in [-0.15, -0.1) is 0 Å². The molecule has 0 saturated carbocycles. The van der Waals surface area contributed by atoms with Crippen LogP contribution in [0.2, 0.25) is 0 Å². The van der Waals surface area contributed by atoms with E-state index < -0.39 is 0 Å². The summed E-state index contributed by atoms with van der Waals surface area (Å²) in [5.41, 5.74) is 14.8. The Morgan fingerprint density at radius 2 is 0.967 bits per heavy atom. The minimum atomic E-state index is 0.669. The summed E-state index contributed by atoms with van der Waals surface area (Å²) >= 11 is 1.24. The first kappa shape index (κ1) is 34.2. The van der Waals surface area contributed by atoms with Crippen LogP contribution in [0, 0.1) is 0 Å². The van der Waals surface area contributed by atoms with Crippen LogP contribution < -0.4 is 0 Å². The van der Waals surface area contributed by atoms with Gasteiger partial charge in [0.05, 0.1) is 45.4 Å². The smallest absolute Gasteiger partial charge is 0.160 e. The number of rotatable bonds is 6. The Morgan fingerprint density at radius 3 is 1.70 bits per heavy atom. The van der Waals surface area contributed by atoms with Gasteiger partial charge in [-0.2, -0.15) is 8.75 Å². The van der Waals surface area contributed by atoms with E-state index in [-0.39, 0.29) is 0 Å². The highest BCUT2D eigenvalue weighted by Gasteiger charge is 2.20. The number of benzene rings is 8. The zero-order chi connectivity index (χ0) is 39.6. The molecule has 0 bridgehead atoms. The van der Waals surface area contributed by atoms with Crippen LogP contribution in [0.1, 0.15) is 0 Å². The van der Waals surface area contributed by atoms with Crippen molar-refractivity contribution in [3.05, 3.63) is 194 Å². The number of para-hydroxylation sites is 3. The van der Waals surface area contributed by atoms with Gasteiger partial charge >= 0.3 is 0 Å². The van der Waals surface area contributed by atoms with E-state index in [9.17, 15) is 0 Å². The fourth-order valence-electron chi connectivity index (χ4n) is 8.69. The third-order valence-corrected chi connectivity index (χ3v) is 12.0. The summed E-state index contributed by atoms with van der Waals surface area (Å²) in [7, 11) is 0. The summed E-state index contributed by atoms with van der Waals surface area (Å²) < 4.78 is 12.2. The molecule has 8 aromatic carbocycles. The van der Waals surface area contributed by atoms with Crippen molar-refractivity contribution in [1.82, 2.24) is 28.3 Å². The molecule has 0 fully saturated rings. The number of aromatic nitrogens is 6. The van der Waals surface area contributed by atoms with Gasteiger partial charge in [0.15, 0.2) is 5.82 Å². The molecule has 0 saturated heterocycles. The summed E-state index contributed by atoms with van der Waals surface area (Å²) in [4.78, 5) is 15.6. The minimum absolute atomic E-state index is 0.669. The molecule has 0 aliphatic rings. The summed E-state index contributed by atoms with van der Waals surface area (Å²) in [5.74, 6) is 0.669. The molecular weight excluding hydrogens is 753 g/mol.